The minimum absolute atomic E-state index is 0.459. The van der Waals surface area contributed by atoms with Gasteiger partial charge in [-0.2, -0.15) is 5.10 Å². The molecule has 0 unspecified atom stereocenters. The number of rotatable bonds is 4. The number of aromatic nitrogens is 2. The van der Waals surface area contributed by atoms with Crippen LogP contribution in [0.4, 0.5) is 5.82 Å². The molecule has 16 heavy (non-hydrogen) atoms. The van der Waals surface area contributed by atoms with Crippen LogP contribution < -0.4 is 10.6 Å². The first kappa shape index (κ1) is 10.6. The van der Waals surface area contributed by atoms with E-state index in [0.29, 0.717) is 6.54 Å². The van der Waals surface area contributed by atoms with Gasteiger partial charge in [0.1, 0.15) is 0 Å². The number of anilines is 1. The van der Waals surface area contributed by atoms with Gasteiger partial charge < -0.3 is 15.1 Å². The van der Waals surface area contributed by atoms with Crippen molar-refractivity contribution in [2.75, 3.05) is 11.9 Å². The lowest BCUT2D eigenvalue weighted by Gasteiger charge is -2.18. The van der Waals surface area contributed by atoms with Gasteiger partial charge in [-0.3, -0.25) is 0 Å². The number of furan rings is 1. The van der Waals surface area contributed by atoms with Crippen LogP contribution in [0.2, 0.25) is 0 Å². The molecule has 0 bridgehead atoms. The van der Waals surface area contributed by atoms with Crippen LogP contribution in [0.1, 0.15) is 11.1 Å². The van der Waals surface area contributed by atoms with Crippen LogP contribution >= 0.6 is 0 Å². The van der Waals surface area contributed by atoms with E-state index in [1.165, 1.54) is 0 Å². The highest BCUT2D eigenvalue weighted by atomic mass is 16.3. The van der Waals surface area contributed by atoms with Gasteiger partial charge in [0.15, 0.2) is 5.82 Å². The molecule has 84 valence electrons. The molecule has 0 aliphatic rings. The van der Waals surface area contributed by atoms with Crippen LogP contribution in [0, 0.1) is 0 Å². The Morgan fingerprint density at radius 2 is 2.31 bits per heavy atom. The van der Waals surface area contributed by atoms with Crippen molar-refractivity contribution in [2.24, 2.45) is 5.73 Å². The molecule has 2 N–H and O–H groups in total. The van der Waals surface area contributed by atoms with Gasteiger partial charge in [-0.05, 0) is 12.1 Å². The highest BCUT2D eigenvalue weighted by molar-refractivity contribution is 5.45. The topological polar surface area (TPSA) is 68.2 Å². The maximum atomic E-state index is 5.65. The fourth-order valence-electron chi connectivity index (χ4n) is 1.56. The first-order valence-corrected chi connectivity index (χ1v) is 5.04. The smallest absolute Gasteiger partial charge is 0.155 e. The van der Waals surface area contributed by atoms with Crippen molar-refractivity contribution < 1.29 is 4.42 Å². The van der Waals surface area contributed by atoms with Crippen LogP contribution in [0.5, 0.6) is 0 Å². The first-order chi connectivity index (χ1) is 7.81. The molecule has 0 spiro atoms. The number of hydrogen-bond donors (Lipinski definition) is 1. The van der Waals surface area contributed by atoms with Crippen LogP contribution in [0.15, 0.2) is 35.3 Å². The second kappa shape index (κ2) is 4.76. The van der Waals surface area contributed by atoms with Crippen LogP contribution in [-0.4, -0.2) is 17.2 Å². The van der Waals surface area contributed by atoms with E-state index in [4.69, 9.17) is 10.2 Å². The second-order valence-corrected chi connectivity index (χ2v) is 3.57. The Kier molecular flexibility index (Phi) is 3.16. The van der Waals surface area contributed by atoms with Crippen molar-refractivity contribution >= 4 is 5.82 Å². The monoisotopic (exact) mass is 218 g/mol. The molecule has 2 aromatic rings. The molecule has 0 saturated carbocycles. The van der Waals surface area contributed by atoms with Gasteiger partial charge in [-0.1, -0.05) is 0 Å². The molecule has 0 radical (unpaired) electrons. The third-order valence-electron chi connectivity index (χ3n) is 2.36. The number of nitrogens with two attached hydrogens (primary N) is 1. The summed E-state index contributed by atoms with van der Waals surface area (Å²) in [4.78, 5) is 2.00. The van der Waals surface area contributed by atoms with Gasteiger partial charge in [0, 0.05) is 31.3 Å². The van der Waals surface area contributed by atoms with Gasteiger partial charge in [-0.25, -0.2) is 0 Å². The van der Waals surface area contributed by atoms with Gasteiger partial charge in [0.25, 0.3) is 0 Å². The molecule has 2 rings (SSSR count). The van der Waals surface area contributed by atoms with Crippen molar-refractivity contribution in [1.82, 2.24) is 10.2 Å². The Bertz CT molecular complexity index is 441. The summed E-state index contributed by atoms with van der Waals surface area (Å²) in [5, 5.41) is 7.97. The molecule has 0 fully saturated rings. The second-order valence-electron chi connectivity index (χ2n) is 3.57. The van der Waals surface area contributed by atoms with E-state index in [2.05, 4.69) is 10.2 Å². The molecule has 0 atom stereocenters. The Hall–Kier alpha value is -1.88. The lowest BCUT2D eigenvalue weighted by atomic mass is 10.2. The Morgan fingerprint density at radius 3 is 3.00 bits per heavy atom. The summed E-state index contributed by atoms with van der Waals surface area (Å²) in [6, 6.07) is 3.81. The average Bonchev–Trinajstić information content (AvgIpc) is 2.81. The van der Waals surface area contributed by atoms with Crippen molar-refractivity contribution in [3.63, 3.8) is 0 Å². The summed E-state index contributed by atoms with van der Waals surface area (Å²) < 4.78 is 5.02. The molecule has 0 aliphatic carbocycles. The summed E-state index contributed by atoms with van der Waals surface area (Å²) in [5.41, 5.74) is 7.73. The summed E-state index contributed by atoms with van der Waals surface area (Å²) in [7, 11) is 1.95. The van der Waals surface area contributed by atoms with Crippen molar-refractivity contribution in [1.29, 1.82) is 0 Å². The van der Waals surface area contributed by atoms with Crippen molar-refractivity contribution in [3.05, 3.63) is 42.0 Å². The average molecular weight is 218 g/mol. The fraction of sp³-hybridized carbons (Fsp3) is 0.273. The summed E-state index contributed by atoms with van der Waals surface area (Å²) in [5.74, 6) is 0.811. The standard InChI is InChI=1S/C11H14N4O/c1-15(7-9-3-5-16-8-9)11-10(6-12)2-4-13-14-11/h2-5,8H,6-7,12H2,1H3. The normalized spacial score (nSPS) is 10.4. The van der Waals surface area contributed by atoms with E-state index in [0.717, 1.165) is 23.5 Å². The summed E-state index contributed by atoms with van der Waals surface area (Å²) in [6.45, 7) is 1.18. The quantitative estimate of drug-likeness (QED) is 0.834. The predicted molar refractivity (Wildman–Crippen MR) is 60.7 cm³/mol. The van der Waals surface area contributed by atoms with Crippen molar-refractivity contribution in [3.8, 4) is 0 Å². The van der Waals surface area contributed by atoms with E-state index in [1.54, 1.807) is 18.7 Å². The van der Waals surface area contributed by atoms with E-state index in [9.17, 15) is 0 Å². The molecule has 2 aromatic heterocycles. The minimum Gasteiger partial charge on any atom is -0.472 e. The number of nitrogens with zero attached hydrogens (tertiary/aromatic N) is 3. The van der Waals surface area contributed by atoms with Gasteiger partial charge >= 0.3 is 0 Å². The van der Waals surface area contributed by atoms with E-state index >= 15 is 0 Å². The maximum Gasteiger partial charge on any atom is 0.155 e. The minimum atomic E-state index is 0.459. The lowest BCUT2D eigenvalue weighted by molar-refractivity contribution is 0.563. The van der Waals surface area contributed by atoms with Gasteiger partial charge in [0.2, 0.25) is 0 Å². The maximum absolute atomic E-state index is 5.65. The molecule has 5 nitrogen and oxygen atoms in total. The van der Waals surface area contributed by atoms with Gasteiger partial charge in [-0.15, -0.1) is 5.10 Å². The van der Waals surface area contributed by atoms with Crippen LogP contribution in [0.3, 0.4) is 0 Å². The molecule has 0 aromatic carbocycles. The number of hydrogen-bond acceptors (Lipinski definition) is 5. The van der Waals surface area contributed by atoms with E-state index < -0.39 is 0 Å². The highest BCUT2D eigenvalue weighted by Crippen LogP contribution is 2.16. The molecule has 0 aliphatic heterocycles. The zero-order chi connectivity index (χ0) is 11.4. The van der Waals surface area contributed by atoms with E-state index in [-0.39, 0.29) is 0 Å². The Morgan fingerprint density at radius 1 is 1.44 bits per heavy atom. The zero-order valence-electron chi connectivity index (χ0n) is 9.13. The highest BCUT2D eigenvalue weighted by Gasteiger charge is 2.09. The third kappa shape index (κ3) is 2.20. The fourth-order valence-corrected chi connectivity index (χ4v) is 1.56. The SMILES string of the molecule is CN(Cc1ccoc1)c1nnccc1CN. The van der Waals surface area contributed by atoms with Crippen molar-refractivity contribution in [2.45, 2.75) is 13.1 Å². The summed E-state index contributed by atoms with van der Waals surface area (Å²) >= 11 is 0. The largest absolute Gasteiger partial charge is 0.472 e. The van der Waals surface area contributed by atoms with Crippen LogP contribution in [0.25, 0.3) is 0 Å². The molecular weight excluding hydrogens is 204 g/mol. The van der Waals surface area contributed by atoms with Crippen LogP contribution in [-0.2, 0) is 13.1 Å². The van der Waals surface area contributed by atoms with Gasteiger partial charge in [0.05, 0.1) is 18.7 Å². The molecule has 5 heteroatoms. The third-order valence-corrected chi connectivity index (χ3v) is 2.36. The van der Waals surface area contributed by atoms with E-state index in [1.807, 2.05) is 24.1 Å². The molecule has 0 amide bonds. The Labute approximate surface area is 93.9 Å². The Balaban J connectivity index is 2.17. The predicted octanol–water partition coefficient (Wildman–Crippen LogP) is 1.16. The molecule has 2 heterocycles. The molecular formula is C11H14N4O. The lowest BCUT2D eigenvalue weighted by Crippen LogP contribution is -2.20. The zero-order valence-corrected chi connectivity index (χ0v) is 9.13. The summed E-state index contributed by atoms with van der Waals surface area (Å²) in [6.07, 6.45) is 5.02. The molecule has 0 saturated heterocycles. The first-order valence-electron chi connectivity index (χ1n) is 5.04.